The summed E-state index contributed by atoms with van der Waals surface area (Å²) in [7, 11) is 0. The van der Waals surface area contributed by atoms with Crippen molar-refractivity contribution in [2.24, 2.45) is 0 Å². The van der Waals surface area contributed by atoms with Crippen molar-refractivity contribution in [3.63, 3.8) is 0 Å². The smallest absolute Gasteiger partial charge is 0.335 e. The molecule has 0 N–H and O–H groups in total. The van der Waals surface area contributed by atoms with Gasteiger partial charge in [-0.05, 0) is 85.7 Å². The Morgan fingerprint density at radius 1 is 0.909 bits per heavy atom. The van der Waals surface area contributed by atoms with Crippen molar-refractivity contribution < 1.29 is 9.53 Å². The summed E-state index contributed by atoms with van der Waals surface area (Å²) in [6.45, 7) is 5.55. The molecule has 164 valence electrons. The summed E-state index contributed by atoms with van der Waals surface area (Å²) in [6.07, 6.45) is 10.2. The summed E-state index contributed by atoms with van der Waals surface area (Å²) in [4.78, 5) is 11.3. The van der Waals surface area contributed by atoms with Gasteiger partial charge in [-0.15, -0.1) is 0 Å². The molecule has 0 fully saturated rings. The topological polar surface area (TPSA) is 31.2 Å². The maximum Gasteiger partial charge on any atom is 0.335 e. The zero-order valence-corrected chi connectivity index (χ0v) is 18.9. The third kappa shape index (κ3) is 4.27. The number of ether oxygens (including phenoxy) is 1. The number of aryl methyl sites for hydroxylation is 2. The number of fused-ring (bicyclic) bond motifs is 3. The lowest BCUT2D eigenvalue weighted by molar-refractivity contribution is -0.128. The van der Waals surface area contributed by atoms with E-state index >= 15 is 0 Å². The molecule has 0 spiro atoms. The van der Waals surface area contributed by atoms with E-state index in [9.17, 15) is 4.79 Å². The summed E-state index contributed by atoms with van der Waals surface area (Å²) in [5.74, 6) is 0.0649. The number of rotatable bonds is 5. The number of nitrogens with zero attached hydrogens (tertiary/aromatic N) is 1. The van der Waals surface area contributed by atoms with E-state index in [1.165, 1.54) is 51.8 Å². The molecule has 0 amide bonds. The van der Waals surface area contributed by atoms with Crippen LogP contribution in [0.25, 0.3) is 28.7 Å². The van der Waals surface area contributed by atoms with Gasteiger partial charge < -0.3 is 9.30 Å². The van der Waals surface area contributed by atoms with E-state index in [1.54, 1.807) is 12.1 Å². The van der Waals surface area contributed by atoms with Gasteiger partial charge in [0.15, 0.2) is 0 Å². The molecule has 3 nitrogen and oxygen atoms in total. The van der Waals surface area contributed by atoms with E-state index in [1.807, 2.05) is 12.1 Å². The molecule has 0 radical (unpaired) electrons. The Bertz CT molecular complexity index is 1360. The molecular formula is C30H27NO2. The minimum absolute atomic E-state index is 0.451. The van der Waals surface area contributed by atoms with E-state index in [0.717, 1.165) is 24.5 Å². The lowest BCUT2D eigenvalue weighted by atomic mass is 9.95. The fourth-order valence-electron chi connectivity index (χ4n) is 4.65. The van der Waals surface area contributed by atoms with Crippen LogP contribution in [0, 0.1) is 6.92 Å². The second kappa shape index (κ2) is 8.95. The Morgan fingerprint density at radius 3 is 2.36 bits per heavy atom. The van der Waals surface area contributed by atoms with Crippen LogP contribution in [0.15, 0.2) is 79.4 Å². The molecule has 1 heterocycles. The van der Waals surface area contributed by atoms with Gasteiger partial charge in [-0.25, -0.2) is 4.79 Å². The third-order valence-corrected chi connectivity index (χ3v) is 6.32. The largest absolute Gasteiger partial charge is 0.423 e. The molecule has 1 aliphatic carbocycles. The van der Waals surface area contributed by atoms with E-state index < -0.39 is 5.97 Å². The first-order chi connectivity index (χ1) is 16.1. The van der Waals surface area contributed by atoms with Gasteiger partial charge in [-0.2, -0.15) is 0 Å². The van der Waals surface area contributed by atoms with Crippen molar-refractivity contribution in [2.45, 2.75) is 32.6 Å². The number of benzene rings is 3. The fraction of sp³-hybridized carbons (Fsp3) is 0.167. The zero-order valence-electron chi connectivity index (χ0n) is 18.9. The molecular weight excluding hydrogens is 406 g/mol. The standard InChI is InChI=1S/C30H27NO2/c1-3-30(32)33-25-17-12-22(13-18-25)10-11-23-14-19-29-27(20-23)26-6-4-5-7-28(26)31(29)24-15-8-21(2)9-16-24/h3,8-20H,1,4-7H2,2H3. The van der Waals surface area contributed by atoms with Gasteiger partial charge in [0.1, 0.15) is 5.75 Å². The van der Waals surface area contributed by atoms with Crippen LogP contribution in [0.4, 0.5) is 0 Å². The minimum Gasteiger partial charge on any atom is -0.423 e. The van der Waals surface area contributed by atoms with Gasteiger partial charge in [0.05, 0.1) is 5.52 Å². The zero-order chi connectivity index (χ0) is 22.8. The minimum atomic E-state index is -0.451. The molecule has 1 aromatic heterocycles. The van der Waals surface area contributed by atoms with Crippen LogP contribution in [-0.4, -0.2) is 10.5 Å². The number of hydrogen-bond acceptors (Lipinski definition) is 2. The molecule has 1 aliphatic rings. The van der Waals surface area contributed by atoms with E-state index in [4.69, 9.17) is 4.74 Å². The van der Waals surface area contributed by atoms with Crippen molar-refractivity contribution in [2.75, 3.05) is 0 Å². The van der Waals surface area contributed by atoms with Crippen LogP contribution in [-0.2, 0) is 17.6 Å². The van der Waals surface area contributed by atoms with Crippen LogP contribution in [0.5, 0.6) is 5.75 Å². The highest BCUT2D eigenvalue weighted by Gasteiger charge is 2.20. The van der Waals surface area contributed by atoms with Crippen LogP contribution < -0.4 is 4.74 Å². The molecule has 5 rings (SSSR count). The maximum atomic E-state index is 11.3. The second-order valence-corrected chi connectivity index (χ2v) is 8.61. The first kappa shape index (κ1) is 21.0. The predicted octanol–water partition coefficient (Wildman–Crippen LogP) is 7.08. The molecule has 3 aromatic carbocycles. The maximum absolute atomic E-state index is 11.3. The fourth-order valence-corrected chi connectivity index (χ4v) is 4.65. The average Bonchev–Trinajstić information content (AvgIpc) is 3.18. The quantitative estimate of drug-likeness (QED) is 0.146. The Kier molecular flexibility index (Phi) is 5.70. The highest BCUT2D eigenvalue weighted by Crippen LogP contribution is 2.35. The first-order valence-electron chi connectivity index (χ1n) is 11.5. The van der Waals surface area contributed by atoms with Crippen LogP contribution in [0.3, 0.4) is 0 Å². The van der Waals surface area contributed by atoms with Crippen molar-refractivity contribution in [1.82, 2.24) is 4.57 Å². The van der Waals surface area contributed by atoms with Gasteiger partial charge in [0, 0.05) is 22.8 Å². The normalized spacial score (nSPS) is 13.2. The van der Waals surface area contributed by atoms with Crippen LogP contribution in [0.1, 0.15) is 40.8 Å². The molecule has 0 bridgehead atoms. The van der Waals surface area contributed by atoms with Gasteiger partial charge in [0.2, 0.25) is 0 Å². The Hall–Kier alpha value is -3.85. The lowest BCUT2D eigenvalue weighted by Gasteiger charge is -2.16. The number of hydrogen-bond donors (Lipinski definition) is 0. The first-order valence-corrected chi connectivity index (χ1v) is 11.5. The Labute approximate surface area is 194 Å². The van der Waals surface area contributed by atoms with Crippen molar-refractivity contribution in [1.29, 1.82) is 0 Å². The Morgan fingerprint density at radius 2 is 1.61 bits per heavy atom. The lowest BCUT2D eigenvalue weighted by Crippen LogP contribution is -2.06. The second-order valence-electron chi connectivity index (χ2n) is 8.61. The third-order valence-electron chi connectivity index (χ3n) is 6.32. The molecule has 0 saturated carbocycles. The molecule has 33 heavy (non-hydrogen) atoms. The van der Waals surface area contributed by atoms with Crippen molar-refractivity contribution in [3.8, 4) is 11.4 Å². The van der Waals surface area contributed by atoms with Crippen molar-refractivity contribution in [3.05, 3.63) is 107 Å². The molecule has 0 saturated heterocycles. The Balaban J connectivity index is 1.48. The number of esters is 1. The van der Waals surface area contributed by atoms with E-state index in [2.05, 4.69) is 72.7 Å². The summed E-state index contributed by atoms with van der Waals surface area (Å²) in [5, 5.41) is 1.36. The van der Waals surface area contributed by atoms with Gasteiger partial charge in [0.25, 0.3) is 0 Å². The molecule has 0 aliphatic heterocycles. The van der Waals surface area contributed by atoms with Gasteiger partial charge >= 0.3 is 5.97 Å². The van der Waals surface area contributed by atoms with Gasteiger partial charge in [-0.1, -0.05) is 54.6 Å². The number of carbonyl (C=O) groups excluding carboxylic acids is 1. The number of aromatic nitrogens is 1. The summed E-state index contributed by atoms with van der Waals surface area (Å²) >= 11 is 0. The van der Waals surface area contributed by atoms with E-state index in [-0.39, 0.29) is 0 Å². The molecule has 0 atom stereocenters. The monoisotopic (exact) mass is 433 g/mol. The summed E-state index contributed by atoms with van der Waals surface area (Å²) < 4.78 is 7.60. The average molecular weight is 434 g/mol. The molecule has 0 unspecified atom stereocenters. The summed E-state index contributed by atoms with van der Waals surface area (Å²) in [5.41, 5.74) is 9.01. The summed E-state index contributed by atoms with van der Waals surface area (Å²) in [6, 6.07) is 23.1. The predicted molar refractivity (Wildman–Crippen MR) is 136 cm³/mol. The SMILES string of the molecule is C=CC(=O)Oc1ccc(C=Cc2ccc3c(c2)c2c(n3-c3ccc(C)cc3)CCCC2)cc1. The van der Waals surface area contributed by atoms with Crippen LogP contribution in [0.2, 0.25) is 0 Å². The van der Waals surface area contributed by atoms with Gasteiger partial charge in [-0.3, -0.25) is 0 Å². The highest BCUT2D eigenvalue weighted by molar-refractivity contribution is 5.90. The number of carbonyl (C=O) groups is 1. The highest BCUT2D eigenvalue weighted by atomic mass is 16.5. The van der Waals surface area contributed by atoms with Crippen molar-refractivity contribution >= 4 is 29.0 Å². The van der Waals surface area contributed by atoms with Crippen LogP contribution >= 0.6 is 0 Å². The van der Waals surface area contributed by atoms with E-state index in [0.29, 0.717) is 5.75 Å². The molecule has 4 aromatic rings. The molecule has 3 heteroatoms.